The van der Waals surface area contributed by atoms with Crippen LogP contribution >= 0.6 is 0 Å². The van der Waals surface area contributed by atoms with Crippen LogP contribution in [0.4, 0.5) is 0 Å². The minimum absolute atomic E-state index is 0.0290. The zero-order valence-corrected chi connectivity index (χ0v) is 10.4. The van der Waals surface area contributed by atoms with Crippen LogP contribution in [-0.2, 0) is 0 Å². The van der Waals surface area contributed by atoms with Crippen molar-refractivity contribution in [3.05, 3.63) is 24.0 Å². The first-order valence-corrected chi connectivity index (χ1v) is 5.53. The molecule has 0 spiro atoms. The highest BCUT2D eigenvalue weighted by molar-refractivity contribution is 5.27. The molecule has 0 fully saturated rings. The molecule has 0 aliphatic carbocycles. The van der Waals surface area contributed by atoms with Gasteiger partial charge in [-0.2, -0.15) is 0 Å². The predicted octanol–water partition coefficient (Wildman–Crippen LogP) is 2.03. The van der Waals surface area contributed by atoms with Gasteiger partial charge in [-0.25, -0.2) is 0 Å². The van der Waals surface area contributed by atoms with Gasteiger partial charge in [-0.15, -0.1) is 0 Å². The molecule has 1 atom stereocenters. The highest BCUT2D eigenvalue weighted by Gasteiger charge is 2.25. The lowest BCUT2D eigenvalue weighted by molar-refractivity contribution is 0.273. The van der Waals surface area contributed by atoms with Crippen molar-refractivity contribution in [1.29, 1.82) is 0 Å². The highest BCUT2D eigenvalue weighted by Crippen LogP contribution is 2.32. The first-order valence-electron chi connectivity index (χ1n) is 5.53. The molecule has 0 aromatic carbocycles. The minimum atomic E-state index is 0.0290. The Kier molecular flexibility index (Phi) is 4.26. The Morgan fingerprint density at radius 2 is 2.12 bits per heavy atom. The molecular weight excluding hydrogens is 202 g/mol. The van der Waals surface area contributed by atoms with Crippen molar-refractivity contribution in [2.45, 2.75) is 33.7 Å². The average molecular weight is 223 g/mol. The summed E-state index contributed by atoms with van der Waals surface area (Å²) < 4.78 is 5.42. The Labute approximate surface area is 97.2 Å². The van der Waals surface area contributed by atoms with Crippen molar-refractivity contribution in [2.75, 3.05) is 6.61 Å². The van der Waals surface area contributed by atoms with Crippen LogP contribution in [0.15, 0.2) is 18.5 Å². The van der Waals surface area contributed by atoms with E-state index in [1.165, 1.54) is 0 Å². The second kappa shape index (κ2) is 5.27. The molecule has 0 radical (unpaired) electrons. The molecule has 0 aliphatic rings. The largest absolute Gasteiger partial charge is 0.492 e. The van der Waals surface area contributed by atoms with E-state index in [1.807, 2.05) is 19.2 Å². The number of hydrogen-bond donors (Lipinski definition) is 2. The first kappa shape index (κ1) is 12.9. The van der Waals surface area contributed by atoms with Gasteiger partial charge in [0.2, 0.25) is 0 Å². The van der Waals surface area contributed by atoms with Crippen LogP contribution in [0.5, 0.6) is 5.75 Å². The van der Waals surface area contributed by atoms with Crippen molar-refractivity contribution < 1.29 is 4.74 Å². The Balaban J connectivity index is 2.97. The Bertz CT molecular complexity index is 333. The van der Waals surface area contributed by atoms with Crippen LogP contribution in [0.1, 0.15) is 39.3 Å². The number of nitrogens with two attached hydrogens (primary N) is 1. The molecule has 16 heavy (non-hydrogen) atoms. The van der Waals surface area contributed by atoms with Gasteiger partial charge < -0.3 is 4.74 Å². The molecule has 4 nitrogen and oxygen atoms in total. The van der Waals surface area contributed by atoms with Gasteiger partial charge in [0.1, 0.15) is 5.75 Å². The maximum atomic E-state index is 5.60. The molecule has 0 saturated carbocycles. The molecule has 0 aliphatic heterocycles. The predicted molar refractivity (Wildman–Crippen MR) is 64.9 cm³/mol. The molecular formula is C12H21N3O. The molecule has 90 valence electrons. The molecule has 1 aromatic heterocycles. The van der Waals surface area contributed by atoms with Gasteiger partial charge in [0.25, 0.3) is 0 Å². The number of rotatable bonds is 4. The second-order valence-electron chi connectivity index (χ2n) is 4.85. The fourth-order valence-electron chi connectivity index (χ4n) is 1.69. The van der Waals surface area contributed by atoms with Crippen molar-refractivity contribution in [2.24, 2.45) is 11.3 Å². The van der Waals surface area contributed by atoms with Crippen LogP contribution < -0.4 is 16.0 Å². The molecule has 3 N–H and O–H groups in total. The normalized spacial score (nSPS) is 13.6. The lowest BCUT2D eigenvalue weighted by Gasteiger charge is -2.30. The number of ether oxygens (including phenoxy) is 1. The van der Waals surface area contributed by atoms with Gasteiger partial charge in [-0.05, 0) is 24.0 Å². The van der Waals surface area contributed by atoms with Crippen LogP contribution in [0.3, 0.4) is 0 Å². The Morgan fingerprint density at radius 3 is 2.62 bits per heavy atom. The lowest BCUT2D eigenvalue weighted by Crippen LogP contribution is -2.36. The van der Waals surface area contributed by atoms with E-state index in [4.69, 9.17) is 10.6 Å². The zero-order chi connectivity index (χ0) is 12.2. The van der Waals surface area contributed by atoms with E-state index in [0.717, 1.165) is 11.3 Å². The van der Waals surface area contributed by atoms with Gasteiger partial charge in [0.15, 0.2) is 0 Å². The molecule has 4 heteroatoms. The Morgan fingerprint density at radius 1 is 1.44 bits per heavy atom. The molecule has 0 bridgehead atoms. The van der Waals surface area contributed by atoms with Crippen LogP contribution in [0.2, 0.25) is 0 Å². The summed E-state index contributed by atoms with van der Waals surface area (Å²) in [5.74, 6) is 6.38. The van der Waals surface area contributed by atoms with Gasteiger partial charge in [0.05, 0.1) is 18.8 Å². The third-order valence-electron chi connectivity index (χ3n) is 2.41. The molecule has 1 aromatic rings. The highest BCUT2D eigenvalue weighted by atomic mass is 16.5. The number of nitrogens with zero attached hydrogens (tertiary/aromatic N) is 1. The summed E-state index contributed by atoms with van der Waals surface area (Å²) in [6, 6.07) is 2.03. The number of hydrazine groups is 1. The van der Waals surface area contributed by atoms with E-state index in [1.54, 1.807) is 6.20 Å². The third kappa shape index (κ3) is 3.18. The third-order valence-corrected chi connectivity index (χ3v) is 2.41. The zero-order valence-electron chi connectivity index (χ0n) is 10.4. The van der Waals surface area contributed by atoms with Crippen LogP contribution in [-0.4, -0.2) is 11.6 Å². The van der Waals surface area contributed by atoms with E-state index in [-0.39, 0.29) is 11.5 Å². The topological polar surface area (TPSA) is 60.2 Å². The van der Waals surface area contributed by atoms with E-state index in [0.29, 0.717) is 6.61 Å². The van der Waals surface area contributed by atoms with E-state index >= 15 is 0 Å². The van der Waals surface area contributed by atoms with Crippen molar-refractivity contribution in [3.63, 3.8) is 0 Å². The lowest BCUT2D eigenvalue weighted by atomic mass is 9.83. The summed E-state index contributed by atoms with van der Waals surface area (Å²) in [6.45, 7) is 8.98. The van der Waals surface area contributed by atoms with E-state index in [9.17, 15) is 0 Å². The molecule has 1 heterocycles. The quantitative estimate of drug-likeness (QED) is 0.605. The maximum Gasteiger partial charge on any atom is 0.137 e. The summed E-state index contributed by atoms with van der Waals surface area (Å²) in [5, 5.41) is 0. The molecule has 0 saturated heterocycles. The van der Waals surface area contributed by atoms with Crippen molar-refractivity contribution >= 4 is 0 Å². The Hall–Kier alpha value is -1.13. The van der Waals surface area contributed by atoms with Gasteiger partial charge >= 0.3 is 0 Å². The molecule has 1 unspecified atom stereocenters. The van der Waals surface area contributed by atoms with Gasteiger partial charge in [0, 0.05) is 6.20 Å². The number of aromatic nitrogens is 1. The maximum absolute atomic E-state index is 5.60. The number of nitrogens with one attached hydrogen (secondary N) is 1. The monoisotopic (exact) mass is 223 g/mol. The van der Waals surface area contributed by atoms with Gasteiger partial charge in [-0.3, -0.25) is 16.3 Å². The van der Waals surface area contributed by atoms with E-state index in [2.05, 4.69) is 31.2 Å². The van der Waals surface area contributed by atoms with Crippen molar-refractivity contribution in [1.82, 2.24) is 10.4 Å². The summed E-state index contributed by atoms with van der Waals surface area (Å²) in [5.41, 5.74) is 3.90. The van der Waals surface area contributed by atoms with Crippen LogP contribution in [0.25, 0.3) is 0 Å². The minimum Gasteiger partial charge on any atom is -0.492 e. The second-order valence-corrected chi connectivity index (χ2v) is 4.85. The fraction of sp³-hybridized carbons (Fsp3) is 0.583. The summed E-state index contributed by atoms with van der Waals surface area (Å²) in [6.07, 6.45) is 3.53. The molecule has 1 rings (SSSR count). The number of hydrogen-bond acceptors (Lipinski definition) is 4. The number of pyridine rings is 1. The van der Waals surface area contributed by atoms with E-state index < -0.39 is 0 Å². The standard InChI is InChI=1S/C12H21N3O/c1-5-16-10-6-9(7-14-8-10)11(15-13)12(2,3)4/h6-8,11,15H,5,13H2,1-4H3. The average Bonchev–Trinajstić information content (AvgIpc) is 2.17. The summed E-state index contributed by atoms with van der Waals surface area (Å²) >= 11 is 0. The SMILES string of the molecule is CCOc1cncc(C(NN)C(C)(C)C)c1. The summed E-state index contributed by atoms with van der Waals surface area (Å²) in [4.78, 5) is 4.17. The fourth-order valence-corrected chi connectivity index (χ4v) is 1.69. The summed E-state index contributed by atoms with van der Waals surface area (Å²) in [7, 11) is 0. The first-order chi connectivity index (χ1) is 7.49. The molecule has 0 amide bonds. The van der Waals surface area contributed by atoms with Crippen molar-refractivity contribution in [3.8, 4) is 5.75 Å². The van der Waals surface area contributed by atoms with Gasteiger partial charge in [-0.1, -0.05) is 20.8 Å². The van der Waals surface area contributed by atoms with Crippen LogP contribution in [0, 0.1) is 5.41 Å². The smallest absolute Gasteiger partial charge is 0.137 e.